The molecule has 11 nitrogen and oxygen atoms in total. The number of rotatable bonds is 45. The van der Waals surface area contributed by atoms with Gasteiger partial charge in [0.25, 0.3) is 0 Å². The number of ether oxygens (including phenoxy) is 3. The number of hydrogen-bond donors (Lipinski definition) is 6. The van der Waals surface area contributed by atoms with E-state index in [1.807, 2.05) is 6.08 Å². The first kappa shape index (κ1) is 64.1. The van der Waals surface area contributed by atoms with Crippen molar-refractivity contribution >= 4 is 11.9 Å². The summed E-state index contributed by atoms with van der Waals surface area (Å²) in [5.41, 5.74) is 0. The fourth-order valence-electron chi connectivity index (χ4n) is 8.23. The molecule has 0 aromatic carbocycles. The predicted molar refractivity (Wildman–Crippen MR) is 283 cm³/mol. The van der Waals surface area contributed by atoms with E-state index in [-0.39, 0.29) is 19.4 Å². The van der Waals surface area contributed by atoms with Crippen molar-refractivity contribution in [1.29, 1.82) is 0 Å². The Morgan fingerprint density at radius 1 is 0.580 bits per heavy atom. The van der Waals surface area contributed by atoms with Crippen LogP contribution < -0.4 is 5.32 Å². The van der Waals surface area contributed by atoms with E-state index in [1.54, 1.807) is 6.08 Å². The molecule has 0 bridgehead atoms. The number of allylic oxidation sites excluding steroid dienone is 11. The average molecular weight is 972 g/mol. The van der Waals surface area contributed by atoms with Crippen LogP contribution in [0.4, 0.5) is 0 Å². The van der Waals surface area contributed by atoms with Crippen LogP contribution in [0.5, 0.6) is 0 Å². The number of aliphatic hydroxyl groups is 5. The summed E-state index contributed by atoms with van der Waals surface area (Å²) >= 11 is 0. The second kappa shape index (κ2) is 46.2. The lowest BCUT2D eigenvalue weighted by Crippen LogP contribution is -2.61. The molecule has 0 spiro atoms. The third-order valence-electron chi connectivity index (χ3n) is 12.6. The molecule has 1 amide bonds. The van der Waals surface area contributed by atoms with Gasteiger partial charge in [0.2, 0.25) is 5.91 Å². The highest BCUT2D eigenvalue weighted by Crippen LogP contribution is 2.26. The summed E-state index contributed by atoms with van der Waals surface area (Å²) in [5.74, 6) is -1.23. The Morgan fingerprint density at radius 2 is 1.04 bits per heavy atom. The maximum atomic E-state index is 13.3. The van der Waals surface area contributed by atoms with Gasteiger partial charge >= 0.3 is 5.97 Å². The number of nitrogens with one attached hydrogen (secondary N) is 1. The molecule has 8 atom stereocenters. The summed E-state index contributed by atoms with van der Waals surface area (Å²) in [5, 5.41) is 56.7. The third-order valence-corrected chi connectivity index (χ3v) is 12.6. The van der Waals surface area contributed by atoms with Crippen LogP contribution in [0, 0.1) is 0 Å². The molecule has 1 aliphatic heterocycles. The molecule has 0 radical (unpaired) electrons. The van der Waals surface area contributed by atoms with Crippen molar-refractivity contribution < 1.29 is 49.3 Å². The molecule has 6 N–H and O–H groups in total. The van der Waals surface area contributed by atoms with Gasteiger partial charge in [-0.25, -0.2) is 0 Å². The lowest BCUT2D eigenvalue weighted by molar-refractivity contribution is -0.305. The molecule has 1 saturated heterocycles. The number of hydrogen-bond acceptors (Lipinski definition) is 10. The molecular formula is C58H101NO10. The van der Waals surface area contributed by atoms with Gasteiger partial charge in [0.05, 0.1) is 25.4 Å². The van der Waals surface area contributed by atoms with E-state index in [2.05, 4.69) is 86.8 Å². The van der Waals surface area contributed by atoms with Crippen LogP contribution in [0.3, 0.4) is 0 Å². The number of amides is 1. The maximum absolute atomic E-state index is 13.3. The Balaban J connectivity index is 2.78. The van der Waals surface area contributed by atoms with Gasteiger partial charge in [-0.05, 0) is 83.5 Å². The van der Waals surface area contributed by atoms with Crippen LogP contribution in [0.1, 0.15) is 220 Å². The Labute approximate surface area is 420 Å². The summed E-state index contributed by atoms with van der Waals surface area (Å²) in [7, 11) is 0. The first-order chi connectivity index (χ1) is 33.7. The fraction of sp³-hybridized carbons (Fsp3) is 0.759. The Bertz CT molecular complexity index is 1390. The third kappa shape index (κ3) is 35.0. The lowest BCUT2D eigenvalue weighted by Gasteiger charge is -2.41. The van der Waals surface area contributed by atoms with Crippen molar-refractivity contribution in [3.63, 3.8) is 0 Å². The molecule has 1 heterocycles. The Kier molecular flexibility index (Phi) is 42.9. The summed E-state index contributed by atoms with van der Waals surface area (Å²) in [6.45, 7) is 5.53. The highest BCUT2D eigenvalue weighted by molar-refractivity contribution is 5.80. The normalized spacial score (nSPS) is 20.4. The van der Waals surface area contributed by atoms with Crippen molar-refractivity contribution in [3.05, 3.63) is 72.9 Å². The van der Waals surface area contributed by atoms with Crippen molar-refractivity contribution in [2.45, 2.75) is 269 Å². The van der Waals surface area contributed by atoms with Crippen LogP contribution in [-0.4, -0.2) is 99.6 Å². The van der Waals surface area contributed by atoms with Crippen molar-refractivity contribution in [2.24, 2.45) is 0 Å². The van der Waals surface area contributed by atoms with E-state index in [4.69, 9.17) is 14.2 Å². The van der Waals surface area contributed by atoms with E-state index in [9.17, 15) is 35.1 Å². The van der Waals surface area contributed by atoms with Crippen molar-refractivity contribution in [3.8, 4) is 0 Å². The van der Waals surface area contributed by atoms with Gasteiger partial charge in [-0.3, -0.25) is 9.59 Å². The molecule has 398 valence electrons. The number of carbonyl (C=O) groups excluding carboxylic acids is 2. The number of esters is 1. The zero-order valence-corrected chi connectivity index (χ0v) is 43.7. The molecule has 69 heavy (non-hydrogen) atoms. The van der Waals surface area contributed by atoms with Crippen molar-refractivity contribution in [2.75, 3.05) is 13.2 Å². The maximum Gasteiger partial charge on any atom is 0.306 e. The minimum absolute atomic E-state index is 0.0941. The average Bonchev–Trinajstić information content (AvgIpc) is 3.34. The zero-order chi connectivity index (χ0) is 50.4. The zero-order valence-electron chi connectivity index (χ0n) is 43.7. The SMILES string of the molecule is CC/C=C/C/C=C/C/C=C/CCCCCCC(=O)OC1C(OCC(NC(=O)C(O)CCCCCCCC/C=C/C/C=C/CC)C(O)/C=C/CCCCCCCCCCCCC)OC(CO)C(O)C1O. The number of unbranched alkanes of at least 4 members (excludes halogenated alkanes) is 21. The smallest absolute Gasteiger partial charge is 0.306 e. The van der Waals surface area contributed by atoms with Gasteiger partial charge in [0, 0.05) is 6.42 Å². The van der Waals surface area contributed by atoms with Gasteiger partial charge in [0.1, 0.15) is 24.4 Å². The van der Waals surface area contributed by atoms with Crippen LogP contribution in [-0.2, 0) is 23.8 Å². The van der Waals surface area contributed by atoms with E-state index < -0.39 is 67.4 Å². The van der Waals surface area contributed by atoms with Crippen LogP contribution >= 0.6 is 0 Å². The molecule has 1 aliphatic rings. The summed E-state index contributed by atoms with van der Waals surface area (Å²) in [4.78, 5) is 26.4. The van der Waals surface area contributed by atoms with Gasteiger partial charge in [-0.1, -0.05) is 203 Å². The van der Waals surface area contributed by atoms with Gasteiger partial charge < -0.3 is 45.1 Å². The predicted octanol–water partition coefficient (Wildman–Crippen LogP) is 12.1. The Morgan fingerprint density at radius 3 is 1.57 bits per heavy atom. The summed E-state index contributed by atoms with van der Waals surface area (Å²) < 4.78 is 17.5. The first-order valence-electron chi connectivity index (χ1n) is 27.7. The molecule has 0 saturated carbocycles. The largest absolute Gasteiger partial charge is 0.454 e. The summed E-state index contributed by atoms with van der Waals surface area (Å²) in [6.07, 6.45) is 46.6. The molecule has 8 unspecified atom stereocenters. The van der Waals surface area contributed by atoms with Crippen LogP contribution in [0.15, 0.2) is 72.9 Å². The van der Waals surface area contributed by atoms with E-state index >= 15 is 0 Å². The van der Waals surface area contributed by atoms with Crippen LogP contribution in [0.2, 0.25) is 0 Å². The molecule has 11 heteroatoms. The summed E-state index contributed by atoms with van der Waals surface area (Å²) in [6, 6.07) is -1.03. The molecule has 0 aromatic heterocycles. The Hall–Kier alpha value is -2.90. The quantitative estimate of drug-likeness (QED) is 0.0196. The standard InChI is InChI=1S/C58H101NO10/c1-4-7-10-13-16-19-22-25-28-31-34-37-40-43-46-53(63)69-56-55(65)54(64)52(47-60)68-58(56)67-48-49(50(61)44-41-38-35-32-29-26-23-20-17-14-11-8-5-2)59-57(66)51(62)45-42-39-36-33-30-27-24-21-18-15-12-9-6-3/h7,9-10,12,16,18-19,21,25,28,41,44,49-52,54-56,58,60-62,64-65H,4-6,8,11,13-15,17,20,22-24,26-27,29-40,42-43,45-48H2,1-3H3,(H,59,66)/b10-7+,12-9+,19-16+,21-18+,28-25+,44-41+. The number of aliphatic hydroxyl groups excluding tert-OH is 5. The molecular weight excluding hydrogens is 871 g/mol. The van der Waals surface area contributed by atoms with Crippen molar-refractivity contribution in [1.82, 2.24) is 5.32 Å². The topological polar surface area (TPSA) is 175 Å². The second-order valence-electron chi connectivity index (χ2n) is 18.9. The molecule has 1 fully saturated rings. The van der Waals surface area contributed by atoms with E-state index in [0.717, 1.165) is 116 Å². The molecule has 0 aromatic rings. The number of carbonyl (C=O) groups is 2. The lowest BCUT2D eigenvalue weighted by atomic mass is 9.99. The second-order valence-corrected chi connectivity index (χ2v) is 18.9. The molecule has 1 rings (SSSR count). The first-order valence-corrected chi connectivity index (χ1v) is 27.7. The van der Waals surface area contributed by atoms with Crippen LogP contribution in [0.25, 0.3) is 0 Å². The minimum Gasteiger partial charge on any atom is -0.454 e. The highest BCUT2D eigenvalue weighted by Gasteiger charge is 2.47. The van der Waals surface area contributed by atoms with E-state index in [1.165, 1.54) is 57.8 Å². The van der Waals surface area contributed by atoms with Gasteiger partial charge in [-0.2, -0.15) is 0 Å². The fourth-order valence-corrected chi connectivity index (χ4v) is 8.23. The van der Waals surface area contributed by atoms with E-state index in [0.29, 0.717) is 12.8 Å². The molecule has 0 aliphatic carbocycles. The monoisotopic (exact) mass is 972 g/mol. The van der Waals surface area contributed by atoms with Gasteiger partial charge in [-0.15, -0.1) is 0 Å². The van der Waals surface area contributed by atoms with Gasteiger partial charge in [0.15, 0.2) is 12.4 Å². The highest BCUT2D eigenvalue weighted by atomic mass is 16.7. The minimum atomic E-state index is -1.63.